The molecule has 0 spiro atoms. The van der Waals surface area contributed by atoms with Crippen LogP contribution in [0.15, 0.2) is 66.2 Å². The minimum atomic E-state index is -0.974. The number of ether oxygens (including phenoxy) is 4. The van der Waals surface area contributed by atoms with Crippen molar-refractivity contribution < 1.29 is 33.6 Å². The first-order valence-corrected chi connectivity index (χ1v) is 14.5. The molecule has 42 heavy (non-hydrogen) atoms. The molecule has 1 aliphatic heterocycles. The van der Waals surface area contributed by atoms with Crippen LogP contribution in [0.3, 0.4) is 0 Å². The molecule has 1 N–H and O–H groups in total. The number of unbranched alkanes of at least 4 members (excludes halogenated alkanes) is 1. The molecule has 0 bridgehead atoms. The minimum absolute atomic E-state index is 0.0545. The standard InChI is InChI=1S/C32H32N2O7S/c1-5-7-16-41-24-15-10-20(17-25(24)39-4)28-27(29(35)19-8-11-21(38-3)12-9-19)30(36)31(37)34(28)32-33-23-14-13-22(40-6-2)18-26(23)42-32/h8-15,17-18,28,35H,5-7,16H2,1-4H3/b29-27+. The predicted octanol–water partition coefficient (Wildman–Crippen LogP) is 6.52. The summed E-state index contributed by atoms with van der Waals surface area (Å²) in [5.41, 5.74) is 1.53. The fourth-order valence-corrected chi connectivity index (χ4v) is 5.82. The lowest BCUT2D eigenvalue weighted by atomic mass is 9.95. The van der Waals surface area contributed by atoms with E-state index in [4.69, 9.17) is 23.9 Å². The van der Waals surface area contributed by atoms with Crippen LogP contribution in [-0.4, -0.2) is 49.2 Å². The molecule has 1 aliphatic rings. The van der Waals surface area contributed by atoms with E-state index in [9.17, 15) is 14.7 Å². The molecular formula is C32H32N2O7S. The van der Waals surface area contributed by atoms with Crippen molar-refractivity contribution in [2.75, 3.05) is 32.3 Å². The Hall–Kier alpha value is -4.57. The maximum Gasteiger partial charge on any atom is 0.301 e. The maximum atomic E-state index is 13.7. The van der Waals surface area contributed by atoms with Gasteiger partial charge in [0.1, 0.15) is 17.3 Å². The number of hydrogen-bond acceptors (Lipinski definition) is 9. The highest BCUT2D eigenvalue weighted by atomic mass is 32.1. The topological polar surface area (TPSA) is 107 Å². The number of amides is 1. The molecule has 1 amide bonds. The van der Waals surface area contributed by atoms with Crippen LogP contribution in [0, 0.1) is 0 Å². The van der Waals surface area contributed by atoms with E-state index in [2.05, 4.69) is 6.92 Å². The van der Waals surface area contributed by atoms with E-state index >= 15 is 0 Å². The molecule has 3 aromatic carbocycles. The number of aromatic nitrogens is 1. The molecule has 9 nitrogen and oxygen atoms in total. The Labute approximate surface area is 247 Å². The Morgan fingerprint density at radius 1 is 0.929 bits per heavy atom. The Morgan fingerprint density at radius 2 is 1.69 bits per heavy atom. The van der Waals surface area contributed by atoms with Crippen LogP contribution in [0.4, 0.5) is 5.13 Å². The molecule has 0 radical (unpaired) electrons. The quantitative estimate of drug-likeness (QED) is 0.0914. The Bertz CT molecular complexity index is 1640. The van der Waals surface area contributed by atoms with Crippen LogP contribution >= 0.6 is 11.3 Å². The number of fused-ring (bicyclic) bond motifs is 1. The van der Waals surface area contributed by atoms with Crippen LogP contribution in [0.5, 0.6) is 23.0 Å². The van der Waals surface area contributed by atoms with Crippen molar-refractivity contribution in [2.24, 2.45) is 0 Å². The highest BCUT2D eigenvalue weighted by Gasteiger charge is 2.48. The SMILES string of the molecule is CCCCOc1ccc(C2/C(=C(\O)c3ccc(OC)cc3)C(=O)C(=O)N2c2nc3ccc(OCC)cc3s2)cc1OC. The molecule has 1 saturated heterocycles. The molecule has 1 atom stereocenters. The third-order valence-corrected chi connectivity index (χ3v) is 7.95. The van der Waals surface area contributed by atoms with E-state index in [1.807, 2.05) is 25.1 Å². The summed E-state index contributed by atoms with van der Waals surface area (Å²) in [6.07, 6.45) is 1.87. The number of nitrogens with zero attached hydrogens (tertiary/aromatic N) is 2. The van der Waals surface area contributed by atoms with Crippen LogP contribution in [0.2, 0.25) is 0 Å². The van der Waals surface area contributed by atoms with Gasteiger partial charge in [0, 0.05) is 5.56 Å². The summed E-state index contributed by atoms with van der Waals surface area (Å²) >= 11 is 1.27. The van der Waals surface area contributed by atoms with Gasteiger partial charge in [-0.1, -0.05) is 30.7 Å². The van der Waals surface area contributed by atoms with Crippen molar-refractivity contribution >= 4 is 44.1 Å². The van der Waals surface area contributed by atoms with Gasteiger partial charge in [-0.2, -0.15) is 0 Å². The van der Waals surface area contributed by atoms with Gasteiger partial charge in [-0.25, -0.2) is 4.98 Å². The highest BCUT2D eigenvalue weighted by Crippen LogP contribution is 2.46. The van der Waals surface area contributed by atoms with Crippen molar-refractivity contribution in [3.63, 3.8) is 0 Å². The van der Waals surface area contributed by atoms with Gasteiger partial charge in [-0.15, -0.1) is 0 Å². The normalized spacial score (nSPS) is 16.2. The lowest BCUT2D eigenvalue weighted by molar-refractivity contribution is -0.132. The van der Waals surface area contributed by atoms with E-state index in [-0.39, 0.29) is 11.3 Å². The maximum absolute atomic E-state index is 13.7. The smallest absolute Gasteiger partial charge is 0.301 e. The minimum Gasteiger partial charge on any atom is -0.507 e. The highest BCUT2D eigenvalue weighted by molar-refractivity contribution is 7.22. The Morgan fingerprint density at radius 3 is 2.38 bits per heavy atom. The number of Topliss-reactive ketones (excluding diaryl/α,β-unsaturated/α-hetero) is 1. The second-order valence-electron chi connectivity index (χ2n) is 9.57. The number of anilines is 1. The molecule has 0 saturated carbocycles. The van der Waals surface area contributed by atoms with Crippen LogP contribution in [0.25, 0.3) is 16.0 Å². The van der Waals surface area contributed by atoms with Crippen LogP contribution in [0.1, 0.15) is 43.9 Å². The fourth-order valence-electron chi connectivity index (χ4n) is 4.80. The second kappa shape index (κ2) is 12.5. The van der Waals surface area contributed by atoms with Gasteiger partial charge in [0.2, 0.25) is 0 Å². The number of hydrogen-bond donors (Lipinski definition) is 1. The van der Waals surface area contributed by atoms with E-state index in [0.717, 1.165) is 17.5 Å². The molecule has 218 valence electrons. The summed E-state index contributed by atoms with van der Waals surface area (Å²) in [6.45, 7) is 5.02. The number of ketones is 1. The van der Waals surface area contributed by atoms with Crippen molar-refractivity contribution in [3.05, 3.63) is 77.4 Å². The number of thiazole rings is 1. The van der Waals surface area contributed by atoms with Gasteiger partial charge >= 0.3 is 5.91 Å². The number of benzene rings is 3. The van der Waals surface area contributed by atoms with Gasteiger partial charge in [0.25, 0.3) is 5.78 Å². The lowest BCUT2D eigenvalue weighted by Crippen LogP contribution is -2.29. The fraction of sp³-hybridized carbons (Fsp3) is 0.281. The summed E-state index contributed by atoms with van der Waals surface area (Å²) in [6, 6.07) is 16.4. The van der Waals surface area contributed by atoms with Gasteiger partial charge in [-0.05, 0) is 73.5 Å². The Balaban J connectivity index is 1.66. The third kappa shape index (κ3) is 5.49. The number of aliphatic hydroxyl groups is 1. The predicted molar refractivity (Wildman–Crippen MR) is 162 cm³/mol. The zero-order valence-electron chi connectivity index (χ0n) is 23.9. The molecule has 4 aromatic rings. The zero-order chi connectivity index (χ0) is 29.8. The molecule has 5 rings (SSSR count). The molecule has 10 heteroatoms. The first-order valence-electron chi connectivity index (χ1n) is 13.7. The van der Waals surface area contributed by atoms with E-state index in [0.29, 0.717) is 58.0 Å². The molecule has 1 fully saturated rings. The lowest BCUT2D eigenvalue weighted by Gasteiger charge is -2.24. The average Bonchev–Trinajstić information content (AvgIpc) is 3.54. The van der Waals surface area contributed by atoms with Gasteiger partial charge in [0.15, 0.2) is 16.6 Å². The number of rotatable bonds is 11. The first-order chi connectivity index (χ1) is 20.4. The van der Waals surface area contributed by atoms with E-state index in [1.54, 1.807) is 49.6 Å². The van der Waals surface area contributed by atoms with Crippen LogP contribution < -0.4 is 23.8 Å². The molecule has 1 unspecified atom stereocenters. The summed E-state index contributed by atoms with van der Waals surface area (Å²) in [4.78, 5) is 33.3. The van der Waals surface area contributed by atoms with Crippen molar-refractivity contribution in [1.29, 1.82) is 0 Å². The number of aliphatic hydroxyl groups excluding tert-OH is 1. The van der Waals surface area contributed by atoms with Gasteiger partial charge in [-0.3, -0.25) is 14.5 Å². The summed E-state index contributed by atoms with van der Waals surface area (Å²) in [7, 11) is 3.07. The first kappa shape index (κ1) is 28.9. The van der Waals surface area contributed by atoms with Crippen molar-refractivity contribution in [1.82, 2.24) is 4.98 Å². The Kier molecular flexibility index (Phi) is 8.63. The van der Waals surface area contributed by atoms with Crippen molar-refractivity contribution in [3.8, 4) is 23.0 Å². The average molecular weight is 589 g/mol. The van der Waals surface area contributed by atoms with Crippen molar-refractivity contribution in [2.45, 2.75) is 32.7 Å². The van der Waals surface area contributed by atoms with E-state index in [1.165, 1.54) is 23.3 Å². The van der Waals surface area contributed by atoms with Gasteiger partial charge in [0.05, 0.1) is 49.3 Å². The van der Waals surface area contributed by atoms with Gasteiger partial charge < -0.3 is 24.1 Å². The molecular weight excluding hydrogens is 556 g/mol. The van der Waals surface area contributed by atoms with Crippen LogP contribution in [-0.2, 0) is 9.59 Å². The van der Waals surface area contributed by atoms with E-state index < -0.39 is 17.7 Å². The molecule has 0 aliphatic carbocycles. The summed E-state index contributed by atoms with van der Waals surface area (Å²) in [5, 5.41) is 11.8. The number of carbonyl (C=O) groups excluding carboxylic acids is 2. The molecule has 1 aromatic heterocycles. The largest absolute Gasteiger partial charge is 0.507 e. The molecule has 2 heterocycles. The number of methoxy groups -OCH3 is 2. The second-order valence-corrected chi connectivity index (χ2v) is 10.6. The zero-order valence-corrected chi connectivity index (χ0v) is 24.7. The monoisotopic (exact) mass is 588 g/mol. The third-order valence-electron chi connectivity index (χ3n) is 6.93. The summed E-state index contributed by atoms with van der Waals surface area (Å²) in [5.74, 6) is 0.362. The summed E-state index contributed by atoms with van der Waals surface area (Å²) < 4.78 is 23.2. The number of carbonyl (C=O) groups is 2.